The van der Waals surface area contributed by atoms with Crippen LogP contribution in [-0.4, -0.2) is 15.0 Å². The largest absolute Gasteiger partial charge is 0.397 e. The van der Waals surface area contributed by atoms with Crippen LogP contribution >= 0.6 is 0 Å². The molecule has 5 nitrogen and oxygen atoms in total. The molecule has 1 aliphatic rings. The van der Waals surface area contributed by atoms with E-state index >= 15 is 0 Å². The van der Waals surface area contributed by atoms with Gasteiger partial charge in [-0.25, -0.2) is 13.6 Å². The normalized spacial score (nSPS) is 16.9. The van der Waals surface area contributed by atoms with Crippen molar-refractivity contribution < 1.29 is 8.42 Å². The number of nitrogen functional groups attached to an aromatic ring is 1. The van der Waals surface area contributed by atoms with E-state index in [9.17, 15) is 8.42 Å². The molecule has 1 aliphatic carbocycles. The maximum absolute atomic E-state index is 11.3. The Balaban J connectivity index is 1.70. The van der Waals surface area contributed by atoms with Crippen molar-refractivity contribution in [2.45, 2.75) is 17.2 Å². The van der Waals surface area contributed by atoms with Gasteiger partial charge in [0.25, 0.3) is 0 Å². The smallest absolute Gasteiger partial charge is 0.238 e. The molecule has 0 aromatic heterocycles. The zero-order valence-corrected chi connectivity index (χ0v) is 12.2. The first-order chi connectivity index (χ1) is 9.95. The molecule has 110 valence electrons. The third-order valence-electron chi connectivity index (χ3n) is 3.85. The molecule has 2 aromatic rings. The number of hydrogen-bond acceptors (Lipinski definition) is 4. The van der Waals surface area contributed by atoms with Crippen molar-refractivity contribution in [2.24, 2.45) is 5.14 Å². The maximum Gasteiger partial charge on any atom is 0.238 e. The average molecular weight is 303 g/mol. The summed E-state index contributed by atoms with van der Waals surface area (Å²) in [5, 5.41) is 8.35. The second-order valence-electron chi connectivity index (χ2n) is 5.27. The molecule has 0 amide bonds. The lowest BCUT2D eigenvalue weighted by Gasteiger charge is -2.30. The van der Waals surface area contributed by atoms with E-state index in [4.69, 9.17) is 10.9 Å². The van der Waals surface area contributed by atoms with Gasteiger partial charge in [-0.05, 0) is 35.7 Å². The van der Waals surface area contributed by atoms with E-state index in [0.717, 1.165) is 18.7 Å². The standard InChI is InChI=1S/C15H17N3O2S/c16-14-8-12(21(17,19)20)5-6-15(14)18-9-11-7-10-3-1-2-4-13(10)11/h1-6,8,11,18H,7,9,16H2,(H2,17,19,20). The van der Waals surface area contributed by atoms with Gasteiger partial charge in [-0.15, -0.1) is 0 Å². The summed E-state index contributed by atoms with van der Waals surface area (Å²) in [4.78, 5) is 0.0274. The molecule has 0 radical (unpaired) electrons. The number of benzene rings is 2. The third kappa shape index (κ3) is 2.72. The van der Waals surface area contributed by atoms with Gasteiger partial charge in [-0.3, -0.25) is 0 Å². The van der Waals surface area contributed by atoms with Crippen molar-refractivity contribution in [1.82, 2.24) is 0 Å². The number of fused-ring (bicyclic) bond motifs is 1. The zero-order valence-electron chi connectivity index (χ0n) is 11.4. The minimum atomic E-state index is -3.71. The Morgan fingerprint density at radius 3 is 2.62 bits per heavy atom. The fourth-order valence-electron chi connectivity index (χ4n) is 2.66. The highest BCUT2D eigenvalue weighted by Gasteiger charge is 2.25. The van der Waals surface area contributed by atoms with E-state index in [-0.39, 0.29) is 4.90 Å². The number of anilines is 2. The molecule has 5 N–H and O–H groups in total. The Morgan fingerprint density at radius 1 is 1.19 bits per heavy atom. The lowest BCUT2D eigenvalue weighted by atomic mass is 9.77. The number of hydrogen-bond donors (Lipinski definition) is 3. The van der Waals surface area contributed by atoms with Crippen LogP contribution in [0.1, 0.15) is 17.0 Å². The van der Waals surface area contributed by atoms with Gasteiger partial charge >= 0.3 is 0 Å². The van der Waals surface area contributed by atoms with Crippen LogP contribution in [0.25, 0.3) is 0 Å². The summed E-state index contributed by atoms with van der Waals surface area (Å²) in [6.45, 7) is 0.774. The van der Waals surface area contributed by atoms with E-state index in [1.165, 1.54) is 23.3 Å². The van der Waals surface area contributed by atoms with Crippen molar-refractivity contribution in [3.05, 3.63) is 53.6 Å². The molecule has 21 heavy (non-hydrogen) atoms. The monoisotopic (exact) mass is 303 g/mol. The fourth-order valence-corrected chi connectivity index (χ4v) is 3.21. The van der Waals surface area contributed by atoms with E-state index in [1.54, 1.807) is 6.07 Å². The van der Waals surface area contributed by atoms with E-state index < -0.39 is 10.0 Å². The van der Waals surface area contributed by atoms with Gasteiger partial charge in [0.15, 0.2) is 0 Å². The maximum atomic E-state index is 11.3. The fraction of sp³-hybridized carbons (Fsp3) is 0.200. The van der Waals surface area contributed by atoms with E-state index in [2.05, 4.69) is 17.4 Å². The summed E-state index contributed by atoms with van der Waals surface area (Å²) in [6.07, 6.45) is 1.05. The van der Waals surface area contributed by atoms with Crippen molar-refractivity contribution >= 4 is 21.4 Å². The Hall–Kier alpha value is -2.05. The number of nitrogens with one attached hydrogen (secondary N) is 1. The van der Waals surface area contributed by atoms with Gasteiger partial charge < -0.3 is 11.1 Å². The first kappa shape index (κ1) is 13.9. The average Bonchev–Trinajstić information content (AvgIpc) is 2.40. The minimum Gasteiger partial charge on any atom is -0.397 e. The topological polar surface area (TPSA) is 98.2 Å². The summed E-state index contributed by atoms with van der Waals surface area (Å²) >= 11 is 0. The summed E-state index contributed by atoms with van der Waals surface area (Å²) < 4.78 is 22.5. The van der Waals surface area contributed by atoms with E-state index in [0.29, 0.717) is 11.6 Å². The van der Waals surface area contributed by atoms with Gasteiger partial charge in [0.2, 0.25) is 10.0 Å². The van der Waals surface area contributed by atoms with Crippen molar-refractivity contribution in [3.8, 4) is 0 Å². The molecule has 0 bridgehead atoms. The number of sulfonamides is 1. The van der Waals surface area contributed by atoms with Gasteiger partial charge in [0, 0.05) is 12.5 Å². The summed E-state index contributed by atoms with van der Waals surface area (Å²) in [5.74, 6) is 0.471. The van der Waals surface area contributed by atoms with Crippen LogP contribution in [0.2, 0.25) is 0 Å². The van der Waals surface area contributed by atoms with Crippen LogP contribution in [0.15, 0.2) is 47.4 Å². The summed E-state index contributed by atoms with van der Waals surface area (Å²) in [6, 6.07) is 12.9. The van der Waals surface area contributed by atoms with Gasteiger partial charge in [0.05, 0.1) is 16.3 Å². The van der Waals surface area contributed by atoms with Crippen LogP contribution in [0.4, 0.5) is 11.4 Å². The molecule has 2 aromatic carbocycles. The SMILES string of the molecule is Nc1cc(S(N)(=O)=O)ccc1NCC1Cc2ccccc21. The van der Waals surface area contributed by atoms with Crippen LogP contribution in [-0.2, 0) is 16.4 Å². The number of primary sulfonamides is 1. The van der Waals surface area contributed by atoms with Gasteiger partial charge in [0.1, 0.15) is 0 Å². The molecule has 3 rings (SSSR count). The molecular formula is C15H17N3O2S. The Labute approximate surface area is 124 Å². The highest BCUT2D eigenvalue weighted by molar-refractivity contribution is 7.89. The van der Waals surface area contributed by atoms with Crippen molar-refractivity contribution in [1.29, 1.82) is 0 Å². The quantitative estimate of drug-likeness (QED) is 0.748. The summed E-state index contributed by atoms with van der Waals surface area (Å²) in [7, 11) is -3.71. The van der Waals surface area contributed by atoms with E-state index in [1.807, 2.05) is 12.1 Å². The second-order valence-corrected chi connectivity index (χ2v) is 6.84. The molecule has 0 saturated carbocycles. The van der Waals surface area contributed by atoms with Crippen LogP contribution in [0.3, 0.4) is 0 Å². The highest BCUT2D eigenvalue weighted by Crippen LogP contribution is 2.35. The molecular weight excluding hydrogens is 286 g/mol. The van der Waals surface area contributed by atoms with Crippen molar-refractivity contribution in [2.75, 3.05) is 17.6 Å². The lowest BCUT2D eigenvalue weighted by molar-refractivity contribution is 0.598. The molecule has 0 heterocycles. The Bertz CT molecular complexity index is 787. The first-order valence-electron chi connectivity index (χ1n) is 6.69. The summed E-state index contributed by atoms with van der Waals surface area (Å²) in [5.41, 5.74) is 9.74. The minimum absolute atomic E-state index is 0.0274. The van der Waals surface area contributed by atoms with Crippen LogP contribution in [0, 0.1) is 0 Å². The highest BCUT2D eigenvalue weighted by atomic mass is 32.2. The molecule has 0 saturated heterocycles. The third-order valence-corrected chi connectivity index (χ3v) is 4.76. The Kier molecular flexibility index (Phi) is 3.35. The Morgan fingerprint density at radius 2 is 1.95 bits per heavy atom. The van der Waals surface area contributed by atoms with Crippen molar-refractivity contribution in [3.63, 3.8) is 0 Å². The van der Waals surface area contributed by atoms with Gasteiger partial charge in [-0.2, -0.15) is 0 Å². The lowest BCUT2D eigenvalue weighted by Crippen LogP contribution is -2.24. The van der Waals surface area contributed by atoms with Gasteiger partial charge in [-0.1, -0.05) is 24.3 Å². The second kappa shape index (κ2) is 5.05. The molecule has 1 unspecified atom stereocenters. The molecule has 0 fully saturated rings. The number of nitrogens with two attached hydrogens (primary N) is 2. The molecule has 6 heteroatoms. The molecule has 0 spiro atoms. The zero-order chi connectivity index (χ0) is 15.0. The van der Waals surface area contributed by atoms with Crippen LogP contribution < -0.4 is 16.2 Å². The first-order valence-corrected chi connectivity index (χ1v) is 8.24. The molecule has 1 atom stereocenters. The number of rotatable bonds is 4. The predicted molar refractivity (Wildman–Crippen MR) is 83.6 cm³/mol. The molecule has 0 aliphatic heterocycles. The predicted octanol–water partition coefficient (Wildman–Crippen LogP) is 1.67. The van der Waals surface area contributed by atoms with Crippen LogP contribution in [0.5, 0.6) is 0 Å².